The van der Waals surface area contributed by atoms with E-state index < -0.39 is 11.7 Å². The topological polar surface area (TPSA) is 100 Å². The van der Waals surface area contributed by atoms with Crippen molar-refractivity contribution >= 4 is 27.7 Å². The predicted molar refractivity (Wildman–Crippen MR) is 98.0 cm³/mol. The van der Waals surface area contributed by atoms with E-state index >= 15 is 0 Å². The molecule has 6 nitrogen and oxygen atoms in total. The van der Waals surface area contributed by atoms with Gasteiger partial charge in [0.15, 0.2) is 5.60 Å². The first-order valence-corrected chi connectivity index (χ1v) is 9.25. The van der Waals surface area contributed by atoms with E-state index in [2.05, 4.69) is 32.5 Å². The molecule has 1 aliphatic heterocycles. The molecule has 0 saturated heterocycles. The van der Waals surface area contributed by atoms with Crippen LogP contribution in [0.5, 0.6) is 0 Å². The van der Waals surface area contributed by atoms with Crippen LogP contribution in [-0.2, 0) is 4.74 Å². The Morgan fingerprint density at radius 2 is 2.24 bits per heavy atom. The first kappa shape index (κ1) is 17.9. The fourth-order valence-electron chi connectivity index (χ4n) is 3.78. The highest BCUT2D eigenvalue weighted by Crippen LogP contribution is 2.41. The van der Waals surface area contributed by atoms with Gasteiger partial charge in [0.25, 0.3) is 0 Å². The Bertz CT molecular complexity index is 746. The van der Waals surface area contributed by atoms with Crippen LogP contribution in [0.3, 0.4) is 0 Å². The lowest BCUT2D eigenvalue weighted by molar-refractivity contribution is 0.0158. The molecule has 1 saturated carbocycles. The highest BCUT2D eigenvalue weighted by Gasteiger charge is 2.46. The minimum absolute atomic E-state index is 0.176. The summed E-state index contributed by atoms with van der Waals surface area (Å²) in [5, 5.41) is 13.4. The first-order chi connectivity index (χ1) is 11.9. The Morgan fingerprint density at radius 3 is 2.84 bits per heavy atom. The number of carbonyl (C=O) groups is 1. The zero-order chi connectivity index (χ0) is 18.0. The first-order valence-electron chi connectivity index (χ1n) is 8.46. The van der Waals surface area contributed by atoms with E-state index in [1.165, 1.54) is 0 Å². The highest BCUT2D eigenvalue weighted by atomic mass is 79.9. The van der Waals surface area contributed by atoms with Crippen molar-refractivity contribution in [1.29, 1.82) is 5.26 Å². The van der Waals surface area contributed by atoms with E-state index in [1.54, 1.807) is 12.1 Å². The molecule has 1 heterocycles. The molecule has 1 aromatic rings. The van der Waals surface area contributed by atoms with Crippen molar-refractivity contribution in [3.8, 4) is 6.07 Å². The molecule has 1 spiro atoms. The van der Waals surface area contributed by atoms with Crippen LogP contribution < -0.4 is 11.2 Å². The number of halogens is 1. The Kier molecular flexibility index (Phi) is 5.11. The summed E-state index contributed by atoms with van der Waals surface area (Å²) in [6.07, 6.45) is 3.81. The third-order valence-corrected chi connectivity index (χ3v) is 5.61. The molecule has 3 N–H and O–H groups in total. The van der Waals surface area contributed by atoms with Gasteiger partial charge in [-0.25, -0.2) is 10.2 Å². The van der Waals surface area contributed by atoms with Crippen LogP contribution in [0.25, 0.3) is 0 Å². The minimum Gasteiger partial charge on any atom is -0.435 e. The number of benzene rings is 1. The normalized spacial score (nSPS) is 27.0. The second-order valence-corrected chi connectivity index (χ2v) is 7.77. The second-order valence-electron chi connectivity index (χ2n) is 6.92. The summed E-state index contributed by atoms with van der Waals surface area (Å²) < 4.78 is 6.51. The summed E-state index contributed by atoms with van der Waals surface area (Å²) in [7, 11) is 0. The van der Waals surface area contributed by atoms with Crippen LogP contribution in [0.15, 0.2) is 27.8 Å². The fraction of sp³-hybridized carbons (Fsp3) is 0.500. The van der Waals surface area contributed by atoms with E-state index in [1.807, 2.05) is 13.0 Å². The van der Waals surface area contributed by atoms with Crippen molar-refractivity contribution in [3.63, 3.8) is 0 Å². The number of nitrogens with two attached hydrogens (primary N) is 1. The Balaban J connectivity index is 1.90. The van der Waals surface area contributed by atoms with Gasteiger partial charge in [-0.3, -0.25) is 0 Å². The quantitative estimate of drug-likeness (QED) is 0.805. The van der Waals surface area contributed by atoms with Gasteiger partial charge in [-0.15, -0.1) is 0 Å². The number of hydrogen-bond donors (Lipinski definition) is 2. The minimum atomic E-state index is -0.715. The zero-order valence-corrected chi connectivity index (χ0v) is 15.7. The summed E-state index contributed by atoms with van der Waals surface area (Å²) in [4.78, 5) is 11.8. The number of hydrogen-bond acceptors (Lipinski definition) is 5. The maximum atomic E-state index is 11.8. The number of nitrogens with zero attached hydrogens (tertiary/aromatic N) is 2. The molecule has 0 aromatic heterocycles. The molecular weight excluding hydrogens is 384 g/mol. The van der Waals surface area contributed by atoms with Gasteiger partial charge in [-0.05, 0) is 57.1 Å². The molecule has 25 heavy (non-hydrogen) atoms. The number of rotatable bonds is 3. The molecule has 0 radical (unpaired) electrons. The van der Waals surface area contributed by atoms with Crippen LogP contribution in [0.1, 0.15) is 50.2 Å². The van der Waals surface area contributed by atoms with Gasteiger partial charge >= 0.3 is 6.09 Å². The summed E-state index contributed by atoms with van der Waals surface area (Å²) in [5.74, 6) is 0.546. The largest absolute Gasteiger partial charge is 0.435 e. The van der Waals surface area contributed by atoms with Gasteiger partial charge in [0, 0.05) is 16.1 Å². The van der Waals surface area contributed by atoms with Crippen LogP contribution in [0.4, 0.5) is 4.79 Å². The second kappa shape index (κ2) is 7.14. The SMILES string of the molecule is CC(N)CC1CCC2(CC1)OC(=O)NN=C2c1ccc(C#N)cc1Br. The number of nitrogens with one attached hydrogen (secondary N) is 1. The summed E-state index contributed by atoms with van der Waals surface area (Å²) in [6.45, 7) is 2.02. The number of carbonyl (C=O) groups excluding carboxylic acids is 1. The maximum Gasteiger partial charge on any atom is 0.428 e. The van der Waals surface area contributed by atoms with E-state index in [0.29, 0.717) is 17.2 Å². The molecule has 3 rings (SSSR count). The van der Waals surface area contributed by atoms with E-state index in [0.717, 1.165) is 42.1 Å². The van der Waals surface area contributed by atoms with Crippen molar-refractivity contribution in [1.82, 2.24) is 5.43 Å². The molecule has 1 aromatic carbocycles. The molecule has 2 aliphatic rings. The third-order valence-electron chi connectivity index (χ3n) is 4.95. The van der Waals surface area contributed by atoms with Crippen molar-refractivity contribution in [2.75, 3.05) is 0 Å². The molecule has 1 atom stereocenters. The number of amides is 1. The lowest BCUT2D eigenvalue weighted by Crippen LogP contribution is -2.52. The Hall–Kier alpha value is -1.91. The molecule has 132 valence electrons. The Morgan fingerprint density at radius 1 is 1.52 bits per heavy atom. The smallest absolute Gasteiger partial charge is 0.428 e. The average Bonchev–Trinajstić information content (AvgIpc) is 2.57. The van der Waals surface area contributed by atoms with E-state index in [9.17, 15) is 4.79 Å². The molecule has 1 aliphatic carbocycles. The molecule has 7 heteroatoms. The zero-order valence-electron chi connectivity index (χ0n) is 14.1. The average molecular weight is 405 g/mol. The lowest BCUT2D eigenvalue weighted by atomic mass is 9.73. The predicted octanol–water partition coefficient (Wildman–Crippen LogP) is 3.43. The molecule has 0 bridgehead atoms. The number of nitriles is 1. The van der Waals surface area contributed by atoms with Gasteiger partial charge in [0.05, 0.1) is 11.6 Å². The summed E-state index contributed by atoms with van der Waals surface area (Å²) in [5.41, 5.74) is 9.75. The number of ether oxygens (including phenoxy) is 1. The molecule has 1 amide bonds. The van der Waals surface area contributed by atoms with Gasteiger partial charge in [0.1, 0.15) is 5.71 Å². The molecule has 1 fully saturated rings. The van der Waals surface area contributed by atoms with Crippen LogP contribution >= 0.6 is 15.9 Å². The standard InChI is InChI=1S/C18H21BrN4O2/c1-11(21)8-12-4-6-18(7-5-12)16(22-23-17(24)25-18)14-3-2-13(10-20)9-15(14)19/h2-3,9,11-12H,4-8,21H2,1H3,(H,23,24). The molecular formula is C18H21BrN4O2. The van der Waals surface area contributed by atoms with Crippen molar-refractivity contribution in [2.24, 2.45) is 16.8 Å². The van der Waals surface area contributed by atoms with E-state index in [-0.39, 0.29) is 6.04 Å². The van der Waals surface area contributed by atoms with Crippen LogP contribution in [0, 0.1) is 17.2 Å². The fourth-order valence-corrected chi connectivity index (χ4v) is 4.35. The van der Waals surface area contributed by atoms with Crippen molar-refractivity contribution < 1.29 is 9.53 Å². The number of hydrazone groups is 1. The summed E-state index contributed by atoms with van der Waals surface area (Å²) >= 11 is 3.52. The van der Waals surface area contributed by atoms with Gasteiger partial charge in [-0.2, -0.15) is 10.4 Å². The Labute approximate surface area is 155 Å². The van der Waals surface area contributed by atoms with Gasteiger partial charge in [-0.1, -0.05) is 22.0 Å². The van der Waals surface area contributed by atoms with Crippen LogP contribution in [-0.4, -0.2) is 23.4 Å². The maximum absolute atomic E-state index is 11.8. The van der Waals surface area contributed by atoms with Gasteiger partial charge in [0.2, 0.25) is 0 Å². The lowest BCUT2D eigenvalue weighted by Gasteiger charge is -2.42. The van der Waals surface area contributed by atoms with Crippen molar-refractivity contribution in [2.45, 2.75) is 50.7 Å². The monoisotopic (exact) mass is 404 g/mol. The highest BCUT2D eigenvalue weighted by molar-refractivity contribution is 9.10. The van der Waals surface area contributed by atoms with E-state index in [4.69, 9.17) is 15.7 Å². The van der Waals surface area contributed by atoms with Crippen molar-refractivity contribution in [3.05, 3.63) is 33.8 Å². The summed E-state index contributed by atoms with van der Waals surface area (Å²) in [6, 6.07) is 7.64. The molecule has 1 unspecified atom stereocenters. The third kappa shape index (κ3) is 3.70. The van der Waals surface area contributed by atoms with Crippen LogP contribution in [0.2, 0.25) is 0 Å². The van der Waals surface area contributed by atoms with Gasteiger partial charge < -0.3 is 10.5 Å².